The summed E-state index contributed by atoms with van der Waals surface area (Å²) in [5.74, 6) is 0.173. The Morgan fingerprint density at radius 1 is 1.33 bits per heavy atom. The Hall–Kier alpha value is 0.107. The van der Waals surface area contributed by atoms with Gasteiger partial charge in [0.15, 0.2) is 8.32 Å². The minimum atomic E-state index is -3.94. The van der Waals surface area contributed by atoms with Crippen LogP contribution >= 0.6 is 11.8 Å². The number of ketones is 1. The maximum absolute atomic E-state index is 11.7. The van der Waals surface area contributed by atoms with Crippen LogP contribution in [0.15, 0.2) is 0 Å². The van der Waals surface area contributed by atoms with E-state index in [9.17, 15) is 13.2 Å². The standard InChI is InChI=1S/C13H26O5S2Si/c1-13(2,3)21(4,5)18-11-8-10(14)9-12(11)19-6-7-20(15,16)17/h11-12H,6-9H2,1-5H3,(H,15,16,17)/t11-,12-/m0/s1. The molecule has 0 aromatic carbocycles. The van der Waals surface area contributed by atoms with Crippen LogP contribution in [0.3, 0.4) is 0 Å². The summed E-state index contributed by atoms with van der Waals surface area (Å²) in [6.07, 6.45) is 0.704. The fourth-order valence-electron chi connectivity index (χ4n) is 1.94. The van der Waals surface area contributed by atoms with E-state index in [0.29, 0.717) is 12.8 Å². The molecule has 1 saturated carbocycles. The maximum atomic E-state index is 11.7. The van der Waals surface area contributed by atoms with Crippen molar-refractivity contribution in [1.29, 1.82) is 0 Å². The first-order chi connectivity index (χ1) is 9.32. The first-order valence-electron chi connectivity index (χ1n) is 7.08. The second-order valence-corrected chi connectivity index (χ2v) is 14.7. The van der Waals surface area contributed by atoms with Gasteiger partial charge in [0.05, 0.1) is 11.9 Å². The van der Waals surface area contributed by atoms with Crippen molar-refractivity contribution in [3.63, 3.8) is 0 Å². The lowest BCUT2D eigenvalue weighted by molar-refractivity contribution is -0.117. The third-order valence-electron chi connectivity index (χ3n) is 4.20. The third-order valence-corrected chi connectivity index (χ3v) is 11.0. The maximum Gasteiger partial charge on any atom is 0.265 e. The molecule has 0 radical (unpaired) electrons. The Morgan fingerprint density at radius 2 is 1.90 bits per heavy atom. The number of rotatable bonds is 6. The molecule has 0 aliphatic heterocycles. The van der Waals surface area contributed by atoms with E-state index in [1.54, 1.807) is 0 Å². The largest absolute Gasteiger partial charge is 0.412 e. The van der Waals surface area contributed by atoms with Crippen molar-refractivity contribution in [2.75, 3.05) is 11.5 Å². The normalized spacial score (nSPS) is 24.6. The average Bonchev–Trinajstić information content (AvgIpc) is 2.54. The summed E-state index contributed by atoms with van der Waals surface area (Å²) in [6, 6.07) is 0. The van der Waals surface area contributed by atoms with Crippen molar-refractivity contribution in [3.05, 3.63) is 0 Å². The molecule has 0 saturated heterocycles. The Labute approximate surface area is 133 Å². The molecule has 0 aromatic rings. The van der Waals surface area contributed by atoms with Gasteiger partial charge in [-0.15, -0.1) is 0 Å². The van der Waals surface area contributed by atoms with Crippen LogP contribution in [-0.2, 0) is 19.3 Å². The zero-order valence-electron chi connectivity index (χ0n) is 13.4. The fraction of sp³-hybridized carbons (Fsp3) is 0.923. The van der Waals surface area contributed by atoms with Gasteiger partial charge in [0.2, 0.25) is 0 Å². The van der Waals surface area contributed by atoms with Gasteiger partial charge in [-0.1, -0.05) is 20.8 Å². The van der Waals surface area contributed by atoms with Crippen LogP contribution in [0.2, 0.25) is 18.1 Å². The topological polar surface area (TPSA) is 80.7 Å². The lowest BCUT2D eigenvalue weighted by Gasteiger charge is -2.39. The van der Waals surface area contributed by atoms with Gasteiger partial charge in [0.1, 0.15) is 5.78 Å². The summed E-state index contributed by atoms with van der Waals surface area (Å²) in [4.78, 5) is 11.7. The summed E-state index contributed by atoms with van der Waals surface area (Å²) in [7, 11) is -5.89. The number of carbonyl (C=O) groups is 1. The predicted molar refractivity (Wildman–Crippen MR) is 89.0 cm³/mol. The molecule has 1 aliphatic rings. The molecule has 1 rings (SSSR count). The second-order valence-electron chi connectivity index (χ2n) is 7.06. The van der Waals surface area contributed by atoms with Gasteiger partial charge in [0, 0.05) is 23.8 Å². The number of hydrogen-bond donors (Lipinski definition) is 1. The van der Waals surface area contributed by atoms with Crippen LogP contribution in [0, 0.1) is 0 Å². The SMILES string of the molecule is CC(C)(C)[Si](C)(C)O[C@H]1CC(=O)C[C@@H]1SCCS(=O)(=O)O. The Bertz CT molecular complexity index is 481. The Balaban J connectivity index is 2.65. The fourth-order valence-corrected chi connectivity index (χ4v) is 5.60. The average molecular weight is 355 g/mol. The molecule has 124 valence electrons. The molecule has 0 spiro atoms. The van der Waals surface area contributed by atoms with Crippen LogP contribution in [0.4, 0.5) is 0 Å². The van der Waals surface area contributed by atoms with Crippen LogP contribution in [0.1, 0.15) is 33.6 Å². The second kappa shape index (κ2) is 6.70. The summed E-state index contributed by atoms with van der Waals surface area (Å²) in [6.45, 7) is 10.7. The van der Waals surface area contributed by atoms with E-state index in [2.05, 4.69) is 33.9 Å². The van der Waals surface area contributed by atoms with E-state index in [1.807, 2.05) is 0 Å². The highest BCUT2D eigenvalue weighted by Gasteiger charge is 2.43. The van der Waals surface area contributed by atoms with E-state index >= 15 is 0 Å². The quantitative estimate of drug-likeness (QED) is 0.583. The van der Waals surface area contributed by atoms with E-state index in [4.69, 9.17) is 8.98 Å². The highest BCUT2D eigenvalue weighted by Crippen LogP contribution is 2.41. The Kier molecular flexibility index (Phi) is 6.11. The van der Waals surface area contributed by atoms with Gasteiger partial charge in [-0.05, 0) is 18.1 Å². The van der Waals surface area contributed by atoms with Crippen LogP contribution in [-0.4, -0.2) is 49.9 Å². The molecular weight excluding hydrogens is 328 g/mol. The highest BCUT2D eigenvalue weighted by atomic mass is 32.2. The van der Waals surface area contributed by atoms with Crippen molar-refractivity contribution in [2.24, 2.45) is 0 Å². The van der Waals surface area contributed by atoms with E-state index in [-0.39, 0.29) is 33.7 Å². The molecule has 1 fully saturated rings. The van der Waals surface area contributed by atoms with Gasteiger partial charge < -0.3 is 4.43 Å². The molecule has 0 unspecified atom stereocenters. The number of thioether (sulfide) groups is 1. The summed E-state index contributed by atoms with van der Waals surface area (Å²) in [5, 5.41) is 0.0656. The lowest BCUT2D eigenvalue weighted by atomic mass is 10.2. The third kappa shape index (κ3) is 6.01. The van der Waals surface area contributed by atoms with Crippen LogP contribution in [0.5, 0.6) is 0 Å². The smallest absolute Gasteiger partial charge is 0.265 e. The molecule has 0 aromatic heterocycles. The van der Waals surface area contributed by atoms with Gasteiger partial charge in [-0.3, -0.25) is 9.35 Å². The zero-order valence-corrected chi connectivity index (χ0v) is 16.0. The number of carbonyl (C=O) groups excluding carboxylic acids is 1. The van der Waals surface area contributed by atoms with Crippen molar-refractivity contribution < 1.29 is 22.2 Å². The summed E-state index contributed by atoms with van der Waals surface area (Å²) >= 11 is 1.41. The molecule has 5 nitrogen and oxygen atoms in total. The highest BCUT2D eigenvalue weighted by molar-refractivity contribution is 8.00. The van der Waals surface area contributed by atoms with Crippen molar-refractivity contribution in [1.82, 2.24) is 0 Å². The molecule has 0 heterocycles. The number of Topliss-reactive ketones (excluding diaryl/α,β-unsaturated/α-hetero) is 1. The summed E-state index contributed by atoms with van der Waals surface area (Å²) in [5.41, 5.74) is 0. The van der Waals surface area contributed by atoms with Crippen LogP contribution < -0.4 is 0 Å². The molecule has 1 N–H and O–H groups in total. The molecular formula is C13H26O5S2Si. The van der Waals surface area contributed by atoms with Gasteiger partial charge >= 0.3 is 0 Å². The predicted octanol–water partition coefficient (Wildman–Crippen LogP) is 2.73. The molecule has 8 heteroatoms. The lowest BCUT2D eigenvalue weighted by Crippen LogP contribution is -2.45. The minimum absolute atomic E-state index is 0.00613. The molecule has 1 aliphatic carbocycles. The van der Waals surface area contributed by atoms with Gasteiger partial charge in [-0.2, -0.15) is 20.2 Å². The molecule has 21 heavy (non-hydrogen) atoms. The molecule has 0 bridgehead atoms. The molecule has 2 atom stereocenters. The first kappa shape index (κ1) is 19.2. The minimum Gasteiger partial charge on any atom is -0.412 e. The van der Waals surface area contributed by atoms with Crippen molar-refractivity contribution >= 4 is 36.0 Å². The van der Waals surface area contributed by atoms with Crippen molar-refractivity contribution in [3.8, 4) is 0 Å². The monoisotopic (exact) mass is 354 g/mol. The zero-order chi connectivity index (χ0) is 16.5. The van der Waals surface area contributed by atoms with Crippen molar-refractivity contribution in [2.45, 2.75) is 63.1 Å². The summed E-state index contributed by atoms with van der Waals surface area (Å²) < 4.78 is 36.6. The van der Waals surface area contributed by atoms with E-state index in [1.165, 1.54) is 11.8 Å². The van der Waals surface area contributed by atoms with Gasteiger partial charge in [0.25, 0.3) is 10.1 Å². The molecule has 0 amide bonds. The van der Waals surface area contributed by atoms with Crippen LogP contribution in [0.25, 0.3) is 0 Å². The first-order valence-corrected chi connectivity index (χ1v) is 12.6. The number of hydrogen-bond acceptors (Lipinski definition) is 5. The van der Waals surface area contributed by atoms with E-state index in [0.717, 1.165) is 0 Å². The van der Waals surface area contributed by atoms with Gasteiger partial charge in [-0.25, -0.2) is 0 Å². The Morgan fingerprint density at radius 3 is 2.38 bits per heavy atom. The van der Waals surface area contributed by atoms with E-state index < -0.39 is 18.4 Å².